The topological polar surface area (TPSA) is 56.4 Å². The zero-order valence-corrected chi connectivity index (χ0v) is 16.6. The van der Waals surface area contributed by atoms with E-state index in [1.54, 1.807) is 12.1 Å². The predicted molar refractivity (Wildman–Crippen MR) is 113 cm³/mol. The minimum absolute atomic E-state index is 0.158. The molecule has 2 aliphatic rings. The number of hydrogen-bond acceptors (Lipinski definition) is 3. The first kappa shape index (κ1) is 18.1. The van der Waals surface area contributed by atoms with Crippen molar-refractivity contribution < 1.29 is 9.59 Å². The fourth-order valence-electron chi connectivity index (χ4n) is 4.75. The molecule has 2 amide bonds. The van der Waals surface area contributed by atoms with Crippen molar-refractivity contribution in [2.75, 3.05) is 26.2 Å². The molecular weight excluding hydrogens is 362 g/mol. The van der Waals surface area contributed by atoms with Crippen LogP contribution in [0.3, 0.4) is 0 Å². The van der Waals surface area contributed by atoms with Crippen LogP contribution in [0.1, 0.15) is 50.6 Å². The van der Waals surface area contributed by atoms with Crippen molar-refractivity contribution in [3.05, 3.63) is 70.9 Å². The normalized spacial score (nSPS) is 18.0. The number of aryl methyl sites for hydroxylation is 1. The first-order valence-electron chi connectivity index (χ1n) is 10.4. The van der Waals surface area contributed by atoms with Gasteiger partial charge in [-0.25, -0.2) is 0 Å². The highest BCUT2D eigenvalue weighted by Gasteiger charge is 2.35. The van der Waals surface area contributed by atoms with E-state index in [1.165, 1.54) is 26.9 Å². The smallest absolute Gasteiger partial charge is 0.261 e. The number of piperidine rings is 1. The van der Waals surface area contributed by atoms with Gasteiger partial charge in [0, 0.05) is 30.2 Å². The molecule has 0 atom stereocenters. The van der Waals surface area contributed by atoms with Gasteiger partial charge in [0.15, 0.2) is 0 Å². The number of amides is 2. The Balaban J connectivity index is 1.20. The van der Waals surface area contributed by atoms with Crippen LogP contribution in [-0.4, -0.2) is 52.8 Å². The highest BCUT2D eigenvalue weighted by Crippen LogP contribution is 2.33. The average molecular weight is 387 g/mol. The molecule has 0 unspecified atom stereocenters. The van der Waals surface area contributed by atoms with Gasteiger partial charge in [0.25, 0.3) is 11.8 Å². The maximum absolute atomic E-state index is 12.5. The second kappa shape index (κ2) is 7.16. The van der Waals surface area contributed by atoms with Crippen molar-refractivity contribution in [3.8, 4) is 0 Å². The van der Waals surface area contributed by atoms with Gasteiger partial charge in [0.05, 0.1) is 11.1 Å². The molecule has 2 aromatic carbocycles. The summed E-state index contributed by atoms with van der Waals surface area (Å²) in [6.07, 6.45) is 4.37. The summed E-state index contributed by atoms with van der Waals surface area (Å²) < 4.78 is 0. The number of nitrogens with zero attached hydrogens (tertiary/aromatic N) is 2. The molecule has 148 valence electrons. The van der Waals surface area contributed by atoms with E-state index in [0.29, 0.717) is 23.6 Å². The number of aromatic nitrogens is 1. The number of aromatic amines is 1. The third-order valence-corrected chi connectivity index (χ3v) is 6.41. The van der Waals surface area contributed by atoms with Gasteiger partial charge >= 0.3 is 0 Å². The summed E-state index contributed by atoms with van der Waals surface area (Å²) in [6, 6.07) is 13.7. The Hall–Kier alpha value is -2.92. The number of nitrogens with one attached hydrogen (secondary N) is 1. The van der Waals surface area contributed by atoms with Crippen LogP contribution >= 0.6 is 0 Å². The molecule has 5 rings (SSSR count). The lowest BCUT2D eigenvalue weighted by Crippen LogP contribution is -2.41. The van der Waals surface area contributed by atoms with Crippen LogP contribution in [0.15, 0.2) is 48.7 Å². The van der Waals surface area contributed by atoms with Crippen LogP contribution in [0.2, 0.25) is 0 Å². The third kappa shape index (κ3) is 3.15. The van der Waals surface area contributed by atoms with Gasteiger partial charge in [0.1, 0.15) is 0 Å². The van der Waals surface area contributed by atoms with Crippen molar-refractivity contribution in [2.45, 2.75) is 25.7 Å². The summed E-state index contributed by atoms with van der Waals surface area (Å²) in [5.74, 6) is 0.241. The molecule has 0 saturated carbocycles. The van der Waals surface area contributed by atoms with Crippen LogP contribution in [0, 0.1) is 6.92 Å². The lowest BCUT2D eigenvalue weighted by molar-refractivity contribution is 0.0629. The van der Waals surface area contributed by atoms with Gasteiger partial charge in [0.2, 0.25) is 0 Å². The minimum atomic E-state index is -0.158. The van der Waals surface area contributed by atoms with E-state index in [4.69, 9.17) is 0 Å². The number of hydrogen-bond donors (Lipinski definition) is 1. The van der Waals surface area contributed by atoms with Crippen LogP contribution < -0.4 is 0 Å². The molecule has 1 N–H and O–H groups in total. The molecule has 5 heteroatoms. The average Bonchev–Trinajstić information content (AvgIpc) is 3.26. The van der Waals surface area contributed by atoms with E-state index in [0.717, 1.165) is 32.5 Å². The van der Waals surface area contributed by atoms with E-state index in [-0.39, 0.29) is 11.8 Å². The first-order valence-corrected chi connectivity index (χ1v) is 10.4. The molecule has 1 saturated heterocycles. The highest BCUT2D eigenvalue weighted by molar-refractivity contribution is 6.21. The number of H-pyrrole nitrogens is 1. The number of imide groups is 1. The number of benzene rings is 2. The number of rotatable bonds is 4. The molecule has 0 radical (unpaired) electrons. The van der Waals surface area contributed by atoms with Gasteiger partial charge in [-0.2, -0.15) is 0 Å². The SMILES string of the molecule is Cc1ccc2[nH]cc(C3CCN(CCN4C(=O)c5ccccc5C4=O)CC3)c2c1. The largest absolute Gasteiger partial charge is 0.361 e. The Kier molecular flexibility index (Phi) is 4.47. The third-order valence-electron chi connectivity index (χ3n) is 6.41. The predicted octanol–water partition coefficient (Wildman–Crippen LogP) is 3.95. The number of fused-ring (bicyclic) bond motifs is 2. The van der Waals surface area contributed by atoms with Gasteiger partial charge in [-0.15, -0.1) is 0 Å². The quantitative estimate of drug-likeness (QED) is 0.690. The first-order chi connectivity index (χ1) is 14.1. The van der Waals surface area contributed by atoms with Gasteiger partial charge in [-0.05, 0) is 68.6 Å². The van der Waals surface area contributed by atoms with Crippen LogP contribution in [0.5, 0.6) is 0 Å². The fraction of sp³-hybridized carbons (Fsp3) is 0.333. The number of likely N-dealkylation sites (tertiary alicyclic amines) is 1. The van der Waals surface area contributed by atoms with Gasteiger partial charge in [-0.1, -0.05) is 23.8 Å². The lowest BCUT2D eigenvalue weighted by Gasteiger charge is -2.32. The Labute approximate surface area is 170 Å². The second-order valence-electron chi connectivity index (χ2n) is 8.22. The van der Waals surface area contributed by atoms with Gasteiger partial charge in [-0.3, -0.25) is 14.5 Å². The van der Waals surface area contributed by atoms with E-state index in [2.05, 4.69) is 41.2 Å². The molecule has 1 aromatic heterocycles. The Morgan fingerprint density at radius 3 is 2.34 bits per heavy atom. The van der Waals surface area contributed by atoms with Crippen LogP contribution in [0.25, 0.3) is 10.9 Å². The lowest BCUT2D eigenvalue weighted by atomic mass is 9.89. The van der Waals surface area contributed by atoms with E-state index in [1.807, 2.05) is 12.1 Å². The number of carbonyl (C=O) groups is 2. The zero-order chi connectivity index (χ0) is 20.0. The summed E-state index contributed by atoms with van der Waals surface area (Å²) >= 11 is 0. The summed E-state index contributed by atoms with van der Waals surface area (Å²) in [5.41, 5.74) is 4.98. The Morgan fingerprint density at radius 1 is 0.966 bits per heavy atom. The minimum Gasteiger partial charge on any atom is -0.361 e. The summed E-state index contributed by atoms with van der Waals surface area (Å²) in [4.78, 5) is 32.2. The molecule has 5 nitrogen and oxygen atoms in total. The zero-order valence-electron chi connectivity index (χ0n) is 16.6. The van der Waals surface area contributed by atoms with Crippen molar-refractivity contribution in [3.63, 3.8) is 0 Å². The molecule has 2 aliphatic heterocycles. The number of carbonyl (C=O) groups excluding carboxylic acids is 2. The van der Waals surface area contributed by atoms with Crippen molar-refractivity contribution in [1.29, 1.82) is 0 Å². The Bertz CT molecular complexity index is 1060. The molecule has 3 aromatic rings. The maximum Gasteiger partial charge on any atom is 0.261 e. The van der Waals surface area contributed by atoms with Crippen molar-refractivity contribution >= 4 is 22.7 Å². The standard InChI is InChI=1S/C24H25N3O2/c1-16-6-7-22-20(14-16)21(15-25-22)17-8-10-26(11-9-17)12-13-27-23(28)18-4-2-3-5-19(18)24(27)29/h2-7,14-15,17,25H,8-13H2,1H3. The van der Waals surface area contributed by atoms with Crippen LogP contribution in [-0.2, 0) is 0 Å². The molecule has 0 bridgehead atoms. The maximum atomic E-state index is 12.5. The molecule has 0 spiro atoms. The molecule has 3 heterocycles. The van der Waals surface area contributed by atoms with E-state index in [9.17, 15) is 9.59 Å². The molecule has 0 aliphatic carbocycles. The molecule has 1 fully saturated rings. The molecular formula is C24H25N3O2. The van der Waals surface area contributed by atoms with E-state index < -0.39 is 0 Å². The van der Waals surface area contributed by atoms with Crippen molar-refractivity contribution in [2.24, 2.45) is 0 Å². The fourth-order valence-corrected chi connectivity index (χ4v) is 4.75. The highest BCUT2D eigenvalue weighted by atomic mass is 16.2. The van der Waals surface area contributed by atoms with E-state index >= 15 is 0 Å². The summed E-state index contributed by atoms with van der Waals surface area (Å²) in [7, 11) is 0. The second-order valence-corrected chi connectivity index (χ2v) is 8.22. The monoisotopic (exact) mass is 387 g/mol. The summed E-state index contributed by atoms with van der Waals surface area (Å²) in [5, 5.41) is 1.34. The van der Waals surface area contributed by atoms with Gasteiger partial charge < -0.3 is 9.88 Å². The van der Waals surface area contributed by atoms with Crippen LogP contribution in [0.4, 0.5) is 0 Å². The Morgan fingerprint density at radius 2 is 1.66 bits per heavy atom. The van der Waals surface area contributed by atoms with Crippen molar-refractivity contribution in [1.82, 2.24) is 14.8 Å². The molecule has 29 heavy (non-hydrogen) atoms. The summed E-state index contributed by atoms with van der Waals surface area (Å²) in [6.45, 7) is 5.32.